The van der Waals surface area contributed by atoms with Crippen LogP contribution in [0.15, 0.2) is 60.9 Å². The number of nitrogens with one attached hydrogen (secondary N) is 4. The molecular formula is C33H36F3N7O3. The van der Waals surface area contributed by atoms with E-state index in [0.717, 1.165) is 66.0 Å². The van der Waals surface area contributed by atoms with Gasteiger partial charge >= 0.3 is 12.3 Å². The van der Waals surface area contributed by atoms with E-state index in [4.69, 9.17) is 0 Å². The van der Waals surface area contributed by atoms with Crippen LogP contribution >= 0.6 is 0 Å². The predicted octanol–water partition coefficient (Wildman–Crippen LogP) is 6.29. The number of halogens is 3. The van der Waals surface area contributed by atoms with Crippen LogP contribution in [0.2, 0.25) is 0 Å². The molecule has 2 saturated heterocycles. The summed E-state index contributed by atoms with van der Waals surface area (Å²) >= 11 is 0. The van der Waals surface area contributed by atoms with Gasteiger partial charge in [0.15, 0.2) is 0 Å². The number of likely N-dealkylation sites (tertiary alicyclic amines) is 1. The molecule has 2 aromatic heterocycles. The number of alkyl halides is 3. The third-order valence-electron chi connectivity index (χ3n) is 8.65. The van der Waals surface area contributed by atoms with Gasteiger partial charge in [0.25, 0.3) is 0 Å². The molecule has 4 N–H and O–H groups in total. The van der Waals surface area contributed by atoms with Crippen LogP contribution < -0.4 is 10.6 Å². The summed E-state index contributed by atoms with van der Waals surface area (Å²) in [7, 11) is 1.10. The van der Waals surface area contributed by atoms with E-state index in [9.17, 15) is 22.8 Å². The van der Waals surface area contributed by atoms with Gasteiger partial charge in [-0.05, 0) is 60.9 Å². The van der Waals surface area contributed by atoms with Crippen LogP contribution in [-0.4, -0.2) is 69.3 Å². The van der Waals surface area contributed by atoms with Crippen molar-refractivity contribution in [3.05, 3.63) is 72.6 Å². The van der Waals surface area contributed by atoms with Gasteiger partial charge in [0.05, 0.1) is 43.0 Å². The average molecular weight is 636 g/mol. The molecule has 0 radical (unpaired) electrons. The van der Waals surface area contributed by atoms with Crippen LogP contribution in [0.3, 0.4) is 0 Å². The molecule has 6 rings (SSSR count). The number of aromatic amines is 2. The first-order valence-electron chi connectivity index (χ1n) is 15.4. The standard InChI is InChI=1S/C33H36F3N7O3/c1-46-32(45)42-25(14-15-33(34,35)36)31(44)43-17-3-5-28(43)30-39-19-27(41-30)23-12-8-21(9-13-23)20-6-10-22(11-7-20)26-18-38-29(40-26)24-4-2-16-37-24/h6-13,18-19,24-25,28,37H,2-5,14-17H2,1H3,(H,38,40)(H,39,41)(H,42,45)/t24-,25-,28-/m0/s1. The predicted molar refractivity (Wildman–Crippen MR) is 165 cm³/mol. The van der Waals surface area contributed by atoms with Crippen molar-refractivity contribution in [3.63, 3.8) is 0 Å². The van der Waals surface area contributed by atoms with Crippen molar-refractivity contribution in [2.75, 3.05) is 20.2 Å². The number of benzene rings is 2. The summed E-state index contributed by atoms with van der Waals surface area (Å²) in [5, 5.41) is 5.73. The monoisotopic (exact) mass is 635 g/mol. The van der Waals surface area contributed by atoms with E-state index >= 15 is 0 Å². The number of imidazole rings is 2. The van der Waals surface area contributed by atoms with Gasteiger partial charge in [0, 0.05) is 13.0 Å². The Bertz CT molecular complexity index is 1640. The number of amides is 2. The van der Waals surface area contributed by atoms with Crippen LogP contribution in [0.4, 0.5) is 18.0 Å². The molecule has 0 spiro atoms. The lowest BCUT2D eigenvalue weighted by atomic mass is 10.0. The minimum Gasteiger partial charge on any atom is -0.453 e. The molecule has 242 valence electrons. The smallest absolute Gasteiger partial charge is 0.407 e. The quantitative estimate of drug-likeness (QED) is 0.171. The molecule has 0 bridgehead atoms. The maximum absolute atomic E-state index is 13.3. The van der Waals surface area contributed by atoms with E-state index in [0.29, 0.717) is 25.2 Å². The molecule has 0 saturated carbocycles. The molecule has 3 atom stereocenters. The SMILES string of the molecule is COC(=O)N[C@@H](CCC(F)(F)F)C(=O)N1CCC[C@H]1c1ncc(-c2ccc(-c3ccc(-c4cnc([C@@H]5CCCN5)[nH]4)cc3)cc2)[nH]1. The first-order valence-corrected chi connectivity index (χ1v) is 15.4. The molecule has 2 aliphatic heterocycles. The summed E-state index contributed by atoms with van der Waals surface area (Å²) in [6.45, 7) is 1.36. The minimum atomic E-state index is -4.47. The molecule has 2 aliphatic rings. The van der Waals surface area contributed by atoms with E-state index in [2.05, 4.69) is 59.6 Å². The lowest BCUT2D eigenvalue weighted by Gasteiger charge is -2.28. The van der Waals surface area contributed by atoms with Crippen molar-refractivity contribution in [1.29, 1.82) is 0 Å². The van der Waals surface area contributed by atoms with Crippen LogP contribution in [0.5, 0.6) is 0 Å². The fourth-order valence-corrected chi connectivity index (χ4v) is 6.20. The van der Waals surface area contributed by atoms with Gasteiger partial charge < -0.3 is 30.2 Å². The lowest BCUT2D eigenvalue weighted by molar-refractivity contribution is -0.143. The number of aromatic nitrogens is 4. The van der Waals surface area contributed by atoms with Gasteiger partial charge in [0.2, 0.25) is 5.91 Å². The Balaban J connectivity index is 1.12. The largest absolute Gasteiger partial charge is 0.453 e. The second-order valence-corrected chi connectivity index (χ2v) is 11.7. The third kappa shape index (κ3) is 7.09. The maximum atomic E-state index is 13.3. The Hall–Kier alpha value is -4.65. The number of ether oxygens (including phenoxy) is 1. The average Bonchev–Trinajstić information content (AvgIpc) is 3.89. The summed E-state index contributed by atoms with van der Waals surface area (Å²) in [6, 6.07) is 14.8. The van der Waals surface area contributed by atoms with Crippen LogP contribution in [0.1, 0.15) is 62.3 Å². The number of hydrogen-bond acceptors (Lipinski definition) is 6. The normalized spacial score (nSPS) is 18.9. The van der Waals surface area contributed by atoms with E-state index in [1.54, 1.807) is 6.20 Å². The van der Waals surface area contributed by atoms with E-state index in [1.165, 1.54) is 4.90 Å². The number of H-pyrrole nitrogens is 2. The summed E-state index contributed by atoms with van der Waals surface area (Å²) in [4.78, 5) is 42.5. The van der Waals surface area contributed by atoms with Crippen LogP contribution in [0, 0.1) is 0 Å². The number of carbonyl (C=O) groups is 2. The number of hydrogen-bond donors (Lipinski definition) is 4. The molecule has 0 unspecified atom stereocenters. The number of methoxy groups -OCH3 is 1. The molecule has 4 aromatic rings. The highest BCUT2D eigenvalue weighted by Crippen LogP contribution is 2.34. The van der Waals surface area contributed by atoms with Gasteiger partial charge in [-0.25, -0.2) is 14.8 Å². The van der Waals surface area contributed by atoms with Crippen LogP contribution in [0.25, 0.3) is 33.6 Å². The van der Waals surface area contributed by atoms with Crippen molar-refractivity contribution in [3.8, 4) is 33.6 Å². The summed E-state index contributed by atoms with van der Waals surface area (Å²) in [5.41, 5.74) is 5.82. The molecule has 0 aliphatic carbocycles. The molecule has 10 nitrogen and oxygen atoms in total. The van der Waals surface area contributed by atoms with Gasteiger partial charge in [-0.3, -0.25) is 4.79 Å². The first kappa shape index (κ1) is 31.3. The zero-order valence-corrected chi connectivity index (χ0v) is 25.4. The summed E-state index contributed by atoms with van der Waals surface area (Å²) in [6.07, 6.45) is -0.152. The molecule has 2 aromatic carbocycles. The second-order valence-electron chi connectivity index (χ2n) is 11.7. The van der Waals surface area contributed by atoms with Gasteiger partial charge in [-0.1, -0.05) is 48.5 Å². The molecule has 46 heavy (non-hydrogen) atoms. The van der Waals surface area contributed by atoms with Crippen molar-refractivity contribution >= 4 is 12.0 Å². The molecule has 4 heterocycles. The van der Waals surface area contributed by atoms with Crippen molar-refractivity contribution in [1.82, 2.24) is 35.5 Å². The molecule has 13 heteroatoms. The topological polar surface area (TPSA) is 128 Å². The number of alkyl carbamates (subject to hydrolysis) is 1. The molecular weight excluding hydrogens is 599 g/mol. The first-order chi connectivity index (χ1) is 22.2. The van der Waals surface area contributed by atoms with E-state index in [1.807, 2.05) is 30.5 Å². The Morgan fingerprint density at radius 2 is 1.50 bits per heavy atom. The zero-order chi connectivity index (χ0) is 32.3. The Kier molecular flexibility index (Phi) is 9.11. The summed E-state index contributed by atoms with van der Waals surface area (Å²) in [5.74, 6) is 0.921. The minimum absolute atomic E-state index is 0.288. The van der Waals surface area contributed by atoms with Gasteiger partial charge in [-0.2, -0.15) is 13.2 Å². The van der Waals surface area contributed by atoms with Crippen molar-refractivity contribution < 1.29 is 27.5 Å². The number of carbonyl (C=O) groups excluding carboxylic acids is 2. The highest BCUT2D eigenvalue weighted by molar-refractivity contribution is 5.86. The highest BCUT2D eigenvalue weighted by atomic mass is 19.4. The van der Waals surface area contributed by atoms with Crippen molar-refractivity contribution in [2.24, 2.45) is 0 Å². The van der Waals surface area contributed by atoms with Crippen LogP contribution in [-0.2, 0) is 9.53 Å². The zero-order valence-electron chi connectivity index (χ0n) is 25.4. The molecule has 2 fully saturated rings. The second kappa shape index (κ2) is 13.4. The third-order valence-corrected chi connectivity index (χ3v) is 8.65. The van der Waals surface area contributed by atoms with Gasteiger partial charge in [0.1, 0.15) is 17.7 Å². The Labute approximate surface area is 264 Å². The van der Waals surface area contributed by atoms with E-state index in [-0.39, 0.29) is 6.04 Å². The summed E-state index contributed by atoms with van der Waals surface area (Å²) < 4.78 is 43.4. The van der Waals surface area contributed by atoms with E-state index < -0.39 is 43.1 Å². The van der Waals surface area contributed by atoms with Gasteiger partial charge in [-0.15, -0.1) is 0 Å². The number of rotatable bonds is 9. The Morgan fingerprint density at radius 3 is 2.07 bits per heavy atom. The fraction of sp³-hybridized carbons (Fsp3) is 0.394. The maximum Gasteiger partial charge on any atom is 0.407 e. The lowest BCUT2D eigenvalue weighted by Crippen LogP contribution is -2.48. The number of nitrogens with zero attached hydrogens (tertiary/aromatic N) is 3. The highest BCUT2D eigenvalue weighted by Gasteiger charge is 2.38. The fourth-order valence-electron chi connectivity index (χ4n) is 6.20. The molecule has 2 amide bonds. The van der Waals surface area contributed by atoms with Crippen molar-refractivity contribution in [2.45, 2.75) is 62.8 Å². The Morgan fingerprint density at radius 1 is 0.913 bits per heavy atom.